The lowest BCUT2D eigenvalue weighted by Crippen LogP contribution is -2.08. The molecule has 0 unspecified atom stereocenters. The molecule has 10 heteroatoms. The van der Waals surface area contributed by atoms with E-state index in [0.29, 0.717) is 29.5 Å². The number of para-hydroxylation sites is 1. The number of halogens is 2. The minimum Gasteiger partial charge on any atom is -0.494 e. The summed E-state index contributed by atoms with van der Waals surface area (Å²) in [6.07, 6.45) is 8.07. The van der Waals surface area contributed by atoms with Crippen molar-refractivity contribution in [3.63, 3.8) is 0 Å². The van der Waals surface area contributed by atoms with Crippen LogP contribution in [0.25, 0.3) is 22.4 Å². The van der Waals surface area contributed by atoms with Crippen molar-refractivity contribution in [1.82, 2.24) is 24.7 Å². The largest absolute Gasteiger partial charge is 0.494 e. The second kappa shape index (κ2) is 11.6. The molecular weight excluding hydrogens is 506 g/mol. The van der Waals surface area contributed by atoms with Crippen LogP contribution >= 0.6 is 11.8 Å². The Labute approximate surface area is 223 Å². The maximum Gasteiger partial charge on any atom is 0.182 e. The maximum absolute atomic E-state index is 14.9. The first-order chi connectivity index (χ1) is 18.6. The van der Waals surface area contributed by atoms with Gasteiger partial charge in [-0.3, -0.25) is 9.67 Å². The Morgan fingerprint density at radius 2 is 1.82 bits per heavy atom. The Hall–Kier alpha value is -4.05. The van der Waals surface area contributed by atoms with Crippen LogP contribution in [0.4, 0.5) is 20.3 Å². The molecule has 0 radical (unpaired) electrons. The van der Waals surface area contributed by atoms with Crippen molar-refractivity contribution in [2.75, 3.05) is 23.9 Å². The Morgan fingerprint density at radius 1 is 1.05 bits per heavy atom. The summed E-state index contributed by atoms with van der Waals surface area (Å²) in [5, 5.41) is 8.88. The Kier molecular flexibility index (Phi) is 7.78. The summed E-state index contributed by atoms with van der Waals surface area (Å²) in [5.74, 6) is 0.793. The number of hydrogen-bond donors (Lipinski definition) is 1. The molecule has 5 rings (SSSR count). The molecule has 0 aliphatic heterocycles. The lowest BCUT2D eigenvalue weighted by atomic mass is 10.1. The molecule has 0 aliphatic rings. The van der Waals surface area contributed by atoms with Gasteiger partial charge < -0.3 is 10.1 Å². The van der Waals surface area contributed by atoms with Crippen molar-refractivity contribution in [2.24, 2.45) is 0 Å². The van der Waals surface area contributed by atoms with Gasteiger partial charge in [0.05, 0.1) is 18.7 Å². The van der Waals surface area contributed by atoms with Gasteiger partial charge in [0.25, 0.3) is 0 Å². The molecular formula is C28H26F2N6OS. The number of hydrogen-bond acceptors (Lipinski definition) is 7. The fraction of sp³-hybridized carbons (Fsp3) is 0.214. The lowest BCUT2D eigenvalue weighted by Gasteiger charge is -2.11. The molecule has 1 N–H and O–H groups in total. The molecule has 0 saturated carbocycles. The van der Waals surface area contributed by atoms with Gasteiger partial charge in [-0.2, -0.15) is 16.9 Å². The Bertz CT molecular complexity index is 1540. The van der Waals surface area contributed by atoms with Crippen LogP contribution in [-0.2, 0) is 13.0 Å². The first-order valence-electron chi connectivity index (χ1n) is 12.2. The molecule has 194 valence electrons. The van der Waals surface area contributed by atoms with E-state index in [1.807, 2.05) is 42.6 Å². The zero-order valence-corrected chi connectivity index (χ0v) is 21.8. The van der Waals surface area contributed by atoms with Gasteiger partial charge in [-0.05, 0) is 43.6 Å². The van der Waals surface area contributed by atoms with Gasteiger partial charge in [0.2, 0.25) is 0 Å². The number of ether oxygens (including phenoxy) is 1. The van der Waals surface area contributed by atoms with E-state index in [2.05, 4.69) is 21.5 Å². The van der Waals surface area contributed by atoms with Crippen molar-refractivity contribution in [2.45, 2.75) is 19.9 Å². The van der Waals surface area contributed by atoms with Gasteiger partial charge in [-0.15, -0.1) is 0 Å². The van der Waals surface area contributed by atoms with Crippen LogP contribution in [0.3, 0.4) is 0 Å². The smallest absolute Gasteiger partial charge is 0.182 e. The third-order valence-corrected chi connectivity index (χ3v) is 6.60. The lowest BCUT2D eigenvalue weighted by molar-refractivity contribution is 0.335. The van der Waals surface area contributed by atoms with Crippen molar-refractivity contribution in [1.29, 1.82) is 0 Å². The molecule has 0 amide bonds. The number of thioether (sulfide) groups is 1. The van der Waals surface area contributed by atoms with Crippen LogP contribution in [-0.4, -0.2) is 43.3 Å². The molecule has 3 heterocycles. The third-order valence-electron chi connectivity index (χ3n) is 5.99. The number of nitrogens with one attached hydrogen (secondary N) is 1. The van der Waals surface area contributed by atoms with Crippen LogP contribution in [0.1, 0.15) is 18.1 Å². The molecule has 0 saturated heterocycles. The highest BCUT2D eigenvalue weighted by atomic mass is 32.2. The van der Waals surface area contributed by atoms with E-state index in [1.165, 1.54) is 12.1 Å². The topological polar surface area (TPSA) is 77.8 Å². The van der Waals surface area contributed by atoms with Gasteiger partial charge in [-0.1, -0.05) is 18.2 Å². The molecule has 0 spiro atoms. The van der Waals surface area contributed by atoms with Gasteiger partial charge in [0.15, 0.2) is 5.82 Å². The summed E-state index contributed by atoms with van der Waals surface area (Å²) in [6, 6.07) is 13.6. The molecule has 0 bridgehead atoms. The van der Waals surface area contributed by atoms with Crippen LogP contribution in [0.15, 0.2) is 67.1 Å². The van der Waals surface area contributed by atoms with Gasteiger partial charge in [0.1, 0.15) is 28.9 Å². The fourth-order valence-corrected chi connectivity index (χ4v) is 4.56. The number of anilines is 2. The zero-order chi connectivity index (χ0) is 26.5. The number of aromatic nitrogens is 5. The van der Waals surface area contributed by atoms with Crippen LogP contribution in [0.2, 0.25) is 0 Å². The average molecular weight is 533 g/mol. The van der Waals surface area contributed by atoms with E-state index in [4.69, 9.17) is 14.8 Å². The fourth-order valence-electron chi connectivity index (χ4n) is 4.14. The summed E-state index contributed by atoms with van der Waals surface area (Å²) in [6.45, 7) is 1.98. The molecule has 0 aliphatic carbocycles. The predicted molar refractivity (Wildman–Crippen MR) is 147 cm³/mol. The van der Waals surface area contributed by atoms with E-state index in [0.717, 1.165) is 28.8 Å². The van der Waals surface area contributed by atoms with E-state index >= 15 is 0 Å². The highest BCUT2D eigenvalue weighted by Crippen LogP contribution is 2.30. The zero-order valence-electron chi connectivity index (χ0n) is 21.0. The number of pyridine rings is 1. The molecule has 5 aromatic rings. The number of nitrogens with zero attached hydrogens (tertiary/aromatic N) is 5. The first kappa shape index (κ1) is 25.6. The summed E-state index contributed by atoms with van der Waals surface area (Å²) in [5.41, 5.74) is 2.98. The Balaban J connectivity index is 1.56. The van der Waals surface area contributed by atoms with E-state index < -0.39 is 11.6 Å². The predicted octanol–water partition coefficient (Wildman–Crippen LogP) is 6.26. The number of aryl methyl sites for hydroxylation is 1. The van der Waals surface area contributed by atoms with Crippen molar-refractivity contribution in [3.8, 4) is 17.3 Å². The molecule has 38 heavy (non-hydrogen) atoms. The van der Waals surface area contributed by atoms with Crippen molar-refractivity contribution < 1.29 is 13.5 Å². The minimum absolute atomic E-state index is 0.0957. The molecule has 0 atom stereocenters. The average Bonchev–Trinajstić information content (AvgIpc) is 3.29. The first-order valence-corrected chi connectivity index (χ1v) is 13.5. The van der Waals surface area contributed by atoms with Gasteiger partial charge >= 0.3 is 0 Å². The minimum atomic E-state index is -0.687. The quantitative estimate of drug-likeness (QED) is 0.227. The standard InChI is InChI=1S/C28H26F2N6OS/c1-3-37-20-14-23(29)22(24(30)15-20)17-36-25-7-5-4-6-21(25)26(35-36)28-32-16-18(10-13-38-2)27(34-28)33-19-8-11-31-12-9-19/h4-9,11-12,14-16H,3,10,13,17H2,1-2H3,(H,31,32,33,34). The van der Waals surface area contributed by atoms with Crippen molar-refractivity contribution >= 4 is 34.2 Å². The van der Waals surface area contributed by atoms with E-state index in [-0.39, 0.29) is 17.9 Å². The highest BCUT2D eigenvalue weighted by molar-refractivity contribution is 7.98. The number of benzene rings is 2. The number of fused-ring (bicyclic) bond motifs is 1. The van der Waals surface area contributed by atoms with Gasteiger partial charge in [-0.25, -0.2) is 18.7 Å². The van der Waals surface area contributed by atoms with E-state index in [9.17, 15) is 8.78 Å². The van der Waals surface area contributed by atoms with Crippen LogP contribution in [0.5, 0.6) is 5.75 Å². The monoisotopic (exact) mass is 532 g/mol. The third kappa shape index (κ3) is 5.45. The summed E-state index contributed by atoms with van der Waals surface area (Å²) in [4.78, 5) is 13.5. The molecule has 0 fully saturated rings. The van der Waals surface area contributed by atoms with Crippen LogP contribution in [0, 0.1) is 11.6 Å². The van der Waals surface area contributed by atoms with Gasteiger partial charge in [0, 0.05) is 52.9 Å². The van der Waals surface area contributed by atoms with Crippen LogP contribution < -0.4 is 10.1 Å². The maximum atomic E-state index is 14.9. The second-order valence-electron chi connectivity index (χ2n) is 8.49. The Morgan fingerprint density at radius 3 is 2.55 bits per heavy atom. The molecule has 7 nitrogen and oxygen atoms in total. The SMILES string of the molecule is CCOc1cc(F)c(Cn2nc(-c3ncc(CCSC)c(Nc4ccncc4)n3)c3ccccc32)c(F)c1. The summed E-state index contributed by atoms with van der Waals surface area (Å²) in [7, 11) is 0. The molecule has 2 aromatic carbocycles. The van der Waals surface area contributed by atoms with Crippen molar-refractivity contribution in [3.05, 3.63) is 89.9 Å². The number of rotatable bonds is 10. The second-order valence-corrected chi connectivity index (χ2v) is 9.48. The van der Waals surface area contributed by atoms with E-state index in [1.54, 1.807) is 35.8 Å². The summed E-state index contributed by atoms with van der Waals surface area (Å²) < 4.78 is 36.6. The normalized spacial score (nSPS) is 11.2. The summed E-state index contributed by atoms with van der Waals surface area (Å²) >= 11 is 1.75. The molecule has 3 aromatic heterocycles. The highest BCUT2D eigenvalue weighted by Gasteiger charge is 2.19.